The highest BCUT2D eigenvalue weighted by atomic mass is 16.5. The van der Waals surface area contributed by atoms with Crippen LogP contribution in [0, 0.1) is 13.8 Å². The first kappa shape index (κ1) is 14.1. The van der Waals surface area contributed by atoms with Gasteiger partial charge in [-0.2, -0.15) is 0 Å². The molecule has 5 nitrogen and oxygen atoms in total. The lowest BCUT2D eigenvalue weighted by molar-refractivity contribution is -0.128. The number of nitrogens with one attached hydrogen (secondary N) is 2. The lowest BCUT2D eigenvalue weighted by Crippen LogP contribution is -2.45. The van der Waals surface area contributed by atoms with Gasteiger partial charge in [-0.05, 0) is 37.6 Å². The molecule has 5 heteroatoms. The number of ether oxygens (including phenoxy) is 1. The number of rotatable bonds is 2. The van der Waals surface area contributed by atoms with Crippen molar-refractivity contribution in [3.8, 4) is 0 Å². The Morgan fingerprint density at radius 1 is 1.43 bits per heavy atom. The Balaban J connectivity index is 1.84. The van der Waals surface area contributed by atoms with Crippen molar-refractivity contribution in [1.82, 2.24) is 9.88 Å². The van der Waals surface area contributed by atoms with E-state index in [1.54, 1.807) is 0 Å². The molecular formula is C16H21N3O2. The van der Waals surface area contributed by atoms with Crippen LogP contribution in [-0.2, 0) is 16.6 Å². The summed E-state index contributed by atoms with van der Waals surface area (Å²) in [5.41, 5.74) is 4.49. The number of benzene rings is 1. The van der Waals surface area contributed by atoms with E-state index in [4.69, 9.17) is 4.74 Å². The predicted molar refractivity (Wildman–Crippen MR) is 83.6 cm³/mol. The van der Waals surface area contributed by atoms with Crippen LogP contribution >= 0.6 is 0 Å². The summed E-state index contributed by atoms with van der Waals surface area (Å²) in [6.07, 6.45) is -0.409. The first-order valence-electron chi connectivity index (χ1n) is 7.26. The van der Waals surface area contributed by atoms with E-state index >= 15 is 0 Å². The molecule has 0 aliphatic carbocycles. The van der Waals surface area contributed by atoms with E-state index in [1.807, 2.05) is 18.2 Å². The van der Waals surface area contributed by atoms with Crippen LogP contribution in [0.1, 0.15) is 11.3 Å². The Labute approximate surface area is 124 Å². The lowest BCUT2D eigenvalue weighted by atomic mass is 10.1. The number of carbonyl (C=O) groups excluding carboxylic acids is 1. The van der Waals surface area contributed by atoms with Crippen LogP contribution in [0.25, 0.3) is 10.9 Å². The molecule has 3 rings (SSSR count). The van der Waals surface area contributed by atoms with Crippen LogP contribution in [0.4, 0.5) is 5.69 Å². The van der Waals surface area contributed by atoms with Crippen molar-refractivity contribution in [3.05, 3.63) is 29.5 Å². The molecular weight excluding hydrogens is 266 g/mol. The van der Waals surface area contributed by atoms with E-state index < -0.39 is 6.10 Å². The molecule has 1 fully saturated rings. The molecule has 1 aromatic carbocycles. The SMILES string of the molecule is Cc1c(C)n(C)c2ccc(NC(=O)C3CNCCO3)cc12. The average molecular weight is 287 g/mol. The Bertz CT molecular complexity index is 684. The Hall–Kier alpha value is -1.85. The fraction of sp³-hybridized carbons (Fsp3) is 0.438. The van der Waals surface area contributed by atoms with Gasteiger partial charge in [0.15, 0.2) is 0 Å². The third-order valence-electron chi connectivity index (χ3n) is 4.30. The highest BCUT2D eigenvalue weighted by molar-refractivity contribution is 5.97. The third kappa shape index (κ3) is 2.54. The number of hydrogen-bond donors (Lipinski definition) is 2. The maximum atomic E-state index is 12.2. The molecule has 2 heterocycles. The molecule has 1 aromatic heterocycles. The van der Waals surface area contributed by atoms with E-state index in [0.29, 0.717) is 13.2 Å². The number of morpholine rings is 1. The standard InChI is InChI=1S/C16H21N3O2/c1-10-11(2)19(3)14-5-4-12(8-13(10)14)18-16(20)15-9-17-6-7-21-15/h4-5,8,15,17H,6-7,9H2,1-3H3,(H,18,20). The fourth-order valence-electron chi connectivity index (χ4n) is 2.79. The second kappa shape index (κ2) is 5.50. The maximum Gasteiger partial charge on any atom is 0.254 e. The number of fused-ring (bicyclic) bond motifs is 1. The van der Waals surface area contributed by atoms with Crippen LogP contribution in [0.2, 0.25) is 0 Å². The van der Waals surface area contributed by atoms with Gasteiger partial charge < -0.3 is 19.9 Å². The van der Waals surface area contributed by atoms with E-state index in [2.05, 4.69) is 36.1 Å². The number of anilines is 1. The molecule has 1 amide bonds. The summed E-state index contributed by atoms with van der Waals surface area (Å²) in [7, 11) is 2.06. The van der Waals surface area contributed by atoms with Crippen LogP contribution in [-0.4, -0.2) is 36.3 Å². The zero-order valence-electron chi connectivity index (χ0n) is 12.7. The lowest BCUT2D eigenvalue weighted by Gasteiger charge is -2.22. The van der Waals surface area contributed by atoms with E-state index in [1.165, 1.54) is 22.2 Å². The van der Waals surface area contributed by atoms with Gasteiger partial charge in [0.1, 0.15) is 6.10 Å². The van der Waals surface area contributed by atoms with Crippen molar-refractivity contribution < 1.29 is 9.53 Å². The molecule has 112 valence electrons. The molecule has 2 N–H and O–H groups in total. The summed E-state index contributed by atoms with van der Waals surface area (Å²) in [6, 6.07) is 6.02. The number of hydrogen-bond acceptors (Lipinski definition) is 3. The van der Waals surface area contributed by atoms with E-state index in [-0.39, 0.29) is 5.91 Å². The molecule has 1 unspecified atom stereocenters. The summed E-state index contributed by atoms with van der Waals surface area (Å²) in [4.78, 5) is 12.2. The normalized spacial score (nSPS) is 18.9. The number of nitrogens with zero attached hydrogens (tertiary/aromatic N) is 1. The van der Waals surface area contributed by atoms with Crippen LogP contribution in [0.5, 0.6) is 0 Å². The predicted octanol–water partition coefficient (Wildman–Crippen LogP) is 1.72. The molecule has 0 radical (unpaired) electrons. The summed E-state index contributed by atoms with van der Waals surface area (Å²) < 4.78 is 7.64. The van der Waals surface area contributed by atoms with Gasteiger partial charge >= 0.3 is 0 Å². The quantitative estimate of drug-likeness (QED) is 0.884. The number of carbonyl (C=O) groups is 1. The van der Waals surface area contributed by atoms with Gasteiger partial charge in [-0.3, -0.25) is 4.79 Å². The molecule has 2 aromatic rings. The second-order valence-electron chi connectivity index (χ2n) is 5.55. The van der Waals surface area contributed by atoms with E-state index in [0.717, 1.165) is 12.2 Å². The summed E-state index contributed by atoms with van der Waals surface area (Å²) in [5, 5.41) is 7.28. The van der Waals surface area contributed by atoms with Crippen molar-refractivity contribution in [1.29, 1.82) is 0 Å². The maximum absolute atomic E-state index is 12.2. The molecule has 1 saturated heterocycles. The number of amides is 1. The molecule has 21 heavy (non-hydrogen) atoms. The number of aromatic nitrogens is 1. The minimum Gasteiger partial charge on any atom is -0.366 e. The average Bonchev–Trinajstić information content (AvgIpc) is 2.73. The minimum atomic E-state index is -0.409. The molecule has 1 aliphatic rings. The van der Waals surface area contributed by atoms with Gasteiger partial charge in [0, 0.05) is 42.4 Å². The Morgan fingerprint density at radius 2 is 2.24 bits per heavy atom. The van der Waals surface area contributed by atoms with Crippen LogP contribution < -0.4 is 10.6 Å². The fourth-order valence-corrected chi connectivity index (χ4v) is 2.79. The molecule has 0 saturated carbocycles. The molecule has 0 spiro atoms. The van der Waals surface area contributed by atoms with Gasteiger partial charge in [0.05, 0.1) is 6.61 Å². The monoisotopic (exact) mass is 287 g/mol. The van der Waals surface area contributed by atoms with Crippen molar-refractivity contribution >= 4 is 22.5 Å². The van der Waals surface area contributed by atoms with Gasteiger partial charge in [-0.1, -0.05) is 0 Å². The summed E-state index contributed by atoms with van der Waals surface area (Å²) in [5.74, 6) is -0.0909. The first-order chi connectivity index (χ1) is 10.1. The van der Waals surface area contributed by atoms with Crippen LogP contribution in [0.15, 0.2) is 18.2 Å². The van der Waals surface area contributed by atoms with Gasteiger partial charge in [-0.15, -0.1) is 0 Å². The van der Waals surface area contributed by atoms with Crippen molar-refractivity contribution in [2.45, 2.75) is 20.0 Å². The Morgan fingerprint density at radius 3 is 2.95 bits per heavy atom. The zero-order valence-corrected chi connectivity index (χ0v) is 12.7. The van der Waals surface area contributed by atoms with Gasteiger partial charge in [0.25, 0.3) is 5.91 Å². The topological polar surface area (TPSA) is 55.3 Å². The largest absolute Gasteiger partial charge is 0.366 e. The first-order valence-corrected chi connectivity index (χ1v) is 7.26. The summed E-state index contributed by atoms with van der Waals surface area (Å²) >= 11 is 0. The second-order valence-corrected chi connectivity index (χ2v) is 5.55. The molecule has 1 aliphatic heterocycles. The Kier molecular flexibility index (Phi) is 3.69. The van der Waals surface area contributed by atoms with E-state index in [9.17, 15) is 4.79 Å². The third-order valence-corrected chi connectivity index (χ3v) is 4.30. The molecule has 0 bridgehead atoms. The summed E-state index contributed by atoms with van der Waals surface area (Å²) in [6.45, 7) is 6.16. The van der Waals surface area contributed by atoms with Crippen LogP contribution in [0.3, 0.4) is 0 Å². The van der Waals surface area contributed by atoms with Gasteiger partial charge in [0.2, 0.25) is 0 Å². The minimum absolute atomic E-state index is 0.0909. The zero-order chi connectivity index (χ0) is 15.0. The highest BCUT2D eigenvalue weighted by Crippen LogP contribution is 2.27. The van der Waals surface area contributed by atoms with Gasteiger partial charge in [-0.25, -0.2) is 0 Å². The van der Waals surface area contributed by atoms with Crippen molar-refractivity contribution in [3.63, 3.8) is 0 Å². The highest BCUT2D eigenvalue weighted by Gasteiger charge is 2.22. The molecule has 1 atom stereocenters. The van der Waals surface area contributed by atoms with Crippen molar-refractivity contribution in [2.24, 2.45) is 7.05 Å². The smallest absolute Gasteiger partial charge is 0.254 e. The number of aryl methyl sites for hydroxylation is 2. The van der Waals surface area contributed by atoms with Crippen molar-refractivity contribution in [2.75, 3.05) is 25.0 Å².